The molecule has 178 valence electrons. The van der Waals surface area contributed by atoms with Crippen molar-refractivity contribution in [3.63, 3.8) is 0 Å². The number of para-hydroxylation sites is 4. The summed E-state index contributed by atoms with van der Waals surface area (Å²) in [6.45, 7) is 3.69. The summed E-state index contributed by atoms with van der Waals surface area (Å²) in [5.41, 5.74) is 4.52. The Balaban J connectivity index is 1.60. The fourth-order valence-corrected chi connectivity index (χ4v) is 4.48. The molecule has 0 saturated heterocycles. The minimum absolute atomic E-state index is 0.461. The molecule has 0 saturated carbocycles. The fraction of sp³-hybridized carbons (Fsp3) is 0.0345. The Morgan fingerprint density at radius 3 is 2.27 bits per heavy atom. The number of anilines is 3. The standard InChI is InChI=1S/C29H21N7O/c1-30-16-33-28(31-2)20-13-19-11-12-21(15-22(19)23(14-20)29-34-17-32-18-35-29)36-24-7-3-5-9-26(24)37-27-10-6-4-8-25(27)36/h3-18H,2H2,1H3. The predicted molar refractivity (Wildman–Crippen MR) is 148 cm³/mol. The van der Waals surface area contributed by atoms with Gasteiger partial charge in [0.2, 0.25) is 0 Å². The zero-order chi connectivity index (χ0) is 25.2. The van der Waals surface area contributed by atoms with Gasteiger partial charge in [0, 0.05) is 23.9 Å². The van der Waals surface area contributed by atoms with Crippen molar-refractivity contribution in [2.45, 2.75) is 0 Å². The Kier molecular flexibility index (Phi) is 5.67. The van der Waals surface area contributed by atoms with Crippen LogP contribution in [0.3, 0.4) is 0 Å². The zero-order valence-electron chi connectivity index (χ0n) is 20.0. The van der Waals surface area contributed by atoms with Gasteiger partial charge in [-0.2, -0.15) is 0 Å². The lowest BCUT2D eigenvalue weighted by molar-refractivity contribution is 0.477. The molecule has 0 N–H and O–H groups in total. The molecule has 1 aliphatic rings. The highest BCUT2D eigenvalue weighted by molar-refractivity contribution is 6.10. The van der Waals surface area contributed by atoms with Gasteiger partial charge in [0.05, 0.1) is 11.4 Å². The summed E-state index contributed by atoms with van der Waals surface area (Å²) in [5, 5.41) is 1.96. The van der Waals surface area contributed by atoms with Gasteiger partial charge < -0.3 is 9.64 Å². The number of benzene rings is 4. The van der Waals surface area contributed by atoms with E-state index in [1.807, 2.05) is 48.5 Å². The maximum absolute atomic E-state index is 6.19. The maximum Gasteiger partial charge on any atom is 0.163 e. The van der Waals surface area contributed by atoms with E-state index in [-0.39, 0.29) is 0 Å². The Bertz CT molecular complexity index is 1650. The van der Waals surface area contributed by atoms with Crippen molar-refractivity contribution in [2.75, 3.05) is 11.9 Å². The van der Waals surface area contributed by atoms with Crippen molar-refractivity contribution < 1.29 is 4.74 Å². The Hall–Kier alpha value is -5.24. The number of hydrogen-bond acceptors (Lipinski definition) is 6. The molecule has 0 unspecified atom stereocenters. The van der Waals surface area contributed by atoms with Gasteiger partial charge in [0.1, 0.15) is 19.0 Å². The highest BCUT2D eigenvalue weighted by atomic mass is 16.5. The summed E-state index contributed by atoms with van der Waals surface area (Å²) in [7, 11) is 1.66. The SMILES string of the molecule is C=NC(=NC=NC)c1cc(-c2ncncn2)c2cc(N3c4ccccc4Oc4ccccc43)ccc2c1. The lowest BCUT2D eigenvalue weighted by Gasteiger charge is -2.33. The van der Waals surface area contributed by atoms with Crippen LogP contribution in [-0.4, -0.2) is 40.9 Å². The van der Waals surface area contributed by atoms with E-state index < -0.39 is 0 Å². The van der Waals surface area contributed by atoms with Crippen LogP contribution in [0.25, 0.3) is 22.2 Å². The summed E-state index contributed by atoms with van der Waals surface area (Å²) in [4.78, 5) is 27.5. The Labute approximate surface area is 213 Å². The molecular weight excluding hydrogens is 462 g/mol. The topological polar surface area (TPSA) is 88.2 Å². The molecule has 8 nitrogen and oxygen atoms in total. The third kappa shape index (κ3) is 4.00. The van der Waals surface area contributed by atoms with Gasteiger partial charge in [-0.1, -0.05) is 30.3 Å². The van der Waals surface area contributed by atoms with E-state index in [1.54, 1.807) is 7.05 Å². The molecule has 6 rings (SSSR count). The van der Waals surface area contributed by atoms with Gasteiger partial charge in [-0.25, -0.2) is 24.9 Å². The number of aromatic nitrogens is 3. The summed E-state index contributed by atoms with van der Waals surface area (Å²) in [6.07, 6.45) is 4.43. The first-order valence-electron chi connectivity index (χ1n) is 11.6. The van der Waals surface area contributed by atoms with Crippen LogP contribution < -0.4 is 9.64 Å². The van der Waals surface area contributed by atoms with Crippen LogP contribution in [0.2, 0.25) is 0 Å². The van der Waals surface area contributed by atoms with E-state index in [2.05, 4.69) is 71.9 Å². The molecule has 4 aromatic carbocycles. The molecule has 0 aliphatic carbocycles. The second-order valence-corrected chi connectivity index (χ2v) is 8.25. The van der Waals surface area contributed by atoms with Crippen molar-refractivity contribution in [3.8, 4) is 22.9 Å². The molecule has 5 aromatic rings. The lowest BCUT2D eigenvalue weighted by Crippen LogP contribution is -2.15. The van der Waals surface area contributed by atoms with Crippen molar-refractivity contribution in [2.24, 2.45) is 15.0 Å². The fourth-order valence-electron chi connectivity index (χ4n) is 4.48. The summed E-state index contributed by atoms with van der Waals surface area (Å²) >= 11 is 0. The predicted octanol–water partition coefficient (Wildman–Crippen LogP) is 6.37. The van der Waals surface area contributed by atoms with Crippen molar-refractivity contribution in [1.29, 1.82) is 0 Å². The second kappa shape index (κ2) is 9.43. The summed E-state index contributed by atoms with van der Waals surface area (Å²) in [5.74, 6) is 2.60. The van der Waals surface area contributed by atoms with Crippen LogP contribution >= 0.6 is 0 Å². The van der Waals surface area contributed by atoms with Crippen LogP contribution in [0.1, 0.15) is 5.56 Å². The molecule has 0 amide bonds. The normalized spacial score (nSPS) is 12.8. The van der Waals surface area contributed by atoms with Crippen LogP contribution in [0.15, 0.2) is 106 Å². The average molecular weight is 484 g/mol. The van der Waals surface area contributed by atoms with E-state index in [9.17, 15) is 0 Å². The second-order valence-electron chi connectivity index (χ2n) is 8.25. The Morgan fingerprint density at radius 1 is 0.892 bits per heavy atom. The number of rotatable bonds is 4. The van der Waals surface area contributed by atoms with Crippen molar-refractivity contribution >= 4 is 46.7 Å². The highest BCUT2D eigenvalue weighted by Gasteiger charge is 2.25. The van der Waals surface area contributed by atoms with Crippen LogP contribution in [0.4, 0.5) is 17.1 Å². The number of amidine groups is 1. The van der Waals surface area contributed by atoms with E-state index in [0.29, 0.717) is 11.7 Å². The third-order valence-electron chi connectivity index (χ3n) is 6.07. The summed E-state index contributed by atoms with van der Waals surface area (Å²) in [6, 6.07) is 26.3. The van der Waals surface area contributed by atoms with Crippen LogP contribution in [-0.2, 0) is 0 Å². The van der Waals surface area contributed by atoms with Crippen molar-refractivity contribution in [1.82, 2.24) is 15.0 Å². The molecule has 2 heterocycles. The number of aliphatic imine (C=N–C) groups is 3. The van der Waals surface area contributed by atoms with Crippen LogP contribution in [0.5, 0.6) is 11.5 Å². The van der Waals surface area contributed by atoms with Crippen molar-refractivity contribution in [3.05, 3.63) is 97.1 Å². The van der Waals surface area contributed by atoms with Gasteiger partial charge in [0.25, 0.3) is 0 Å². The highest BCUT2D eigenvalue weighted by Crippen LogP contribution is 2.50. The molecule has 37 heavy (non-hydrogen) atoms. The number of nitrogens with zero attached hydrogens (tertiary/aromatic N) is 7. The van der Waals surface area contributed by atoms with Crippen LogP contribution in [0, 0.1) is 0 Å². The molecule has 0 radical (unpaired) electrons. The molecule has 0 atom stereocenters. The number of fused-ring (bicyclic) bond motifs is 3. The molecule has 1 aromatic heterocycles. The molecule has 0 spiro atoms. The molecule has 8 heteroatoms. The number of ether oxygens (including phenoxy) is 1. The quantitative estimate of drug-likeness (QED) is 0.215. The minimum Gasteiger partial charge on any atom is -0.453 e. The molecule has 0 fully saturated rings. The van der Waals surface area contributed by atoms with Gasteiger partial charge >= 0.3 is 0 Å². The molecular formula is C29H21N7O. The van der Waals surface area contributed by atoms with Gasteiger partial charge in [-0.05, 0) is 66.0 Å². The van der Waals surface area contributed by atoms with Gasteiger partial charge in [-0.15, -0.1) is 0 Å². The first kappa shape index (κ1) is 22.2. The monoisotopic (exact) mass is 483 g/mol. The first-order chi connectivity index (χ1) is 18.3. The van der Waals surface area contributed by atoms with Gasteiger partial charge in [-0.3, -0.25) is 4.99 Å². The average Bonchev–Trinajstić information content (AvgIpc) is 2.96. The first-order valence-corrected chi connectivity index (χ1v) is 11.6. The maximum atomic E-state index is 6.19. The van der Waals surface area contributed by atoms with E-state index in [4.69, 9.17) is 4.74 Å². The van der Waals surface area contributed by atoms with E-state index >= 15 is 0 Å². The molecule has 0 bridgehead atoms. The molecule has 1 aliphatic heterocycles. The number of hydrogen-bond donors (Lipinski definition) is 0. The lowest BCUT2D eigenvalue weighted by atomic mass is 9.98. The Morgan fingerprint density at radius 2 is 1.59 bits per heavy atom. The summed E-state index contributed by atoms with van der Waals surface area (Å²) < 4.78 is 6.19. The third-order valence-corrected chi connectivity index (χ3v) is 6.07. The zero-order valence-corrected chi connectivity index (χ0v) is 20.0. The smallest absolute Gasteiger partial charge is 0.163 e. The minimum atomic E-state index is 0.461. The van der Waals surface area contributed by atoms with Gasteiger partial charge in [0.15, 0.2) is 23.2 Å². The van der Waals surface area contributed by atoms with E-state index in [0.717, 1.165) is 50.5 Å². The van der Waals surface area contributed by atoms with E-state index in [1.165, 1.54) is 19.0 Å². The largest absolute Gasteiger partial charge is 0.453 e.